The molecule has 0 aliphatic rings. The lowest BCUT2D eigenvalue weighted by atomic mass is 10.4. The van der Waals surface area contributed by atoms with Gasteiger partial charge in [0.2, 0.25) is 20.0 Å². The summed E-state index contributed by atoms with van der Waals surface area (Å²) in [5, 5.41) is 4.88. The Hall–Kier alpha value is -1.17. The molecular formula is C10H13F3N2O4S2. The molecule has 0 radical (unpaired) electrons. The van der Waals surface area contributed by atoms with Gasteiger partial charge < -0.3 is 0 Å². The van der Waals surface area contributed by atoms with Crippen LogP contribution in [-0.4, -0.2) is 40.9 Å². The molecule has 0 bridgehead atoms. The molecule has 2 N–H and O–H groups in total. The average Bonchev–Trinajstić information content (AvgIpc) is 2.34. The van der Waals surface area contributed by atoms with Crippen molar-refractivity contribution in [3.63, 3.8) is 0 Å². The zero-order chi connectivity index (χ0) is 16.5. The highest BCUT2D eigenvalue weighted by Crippen LogP contribution is 2.22. The summed E-state index contributed by atoms with van der Waals surface area (Å²) in [5.74, 6) is 0. The molecule has 1 aromatic carbocycles. The van der Waals surface area contributed by atoms with E-state index in [0.717, 1.165) is 31.3 Å². The van der Waals surface area contributed by atoms with Crippen LogP contribution in [0.1, 0.15) is 6.42 Å². The summed E-state index contributed by atoms with van der Waals surface area (Å²) >= 11 is 0. The highest BCUT2D eigenvalue weighted by Gasteiger charge is 2.30. The SMILES string of the molecule is CN(CCC(F)(F)F)S(=O)(=O)c1cccc(S(N)(=O)=O)c1. The van der Waals surface area contributed by atoms with Crippen LogP contribution >= 0.6 is 0 Å². The Kier molecular flexibility index (Phi) is 5.03. The molecule has 0 aliphatic carbocycles. The molecule has 6 nitrogen and oxygen atoms in total. The fourth-order valence-corrected chi connectivity index (χ4v) is 3.25. The number of nitrogens with zero attached hydrogens (tertiary/aromatic N) is 1. The number of hydrogen-bond donors (Lipinski definition) is 1. The van der Waals surface area contributed by atoms with E-state index in [1.54, 1.807) is 0 Å². The van der Waals surface area contributed by atoms with Gasteiger partial charge in [-0.15, -0.1) is 0 Å². The number of alkyl halides is 3. The number of rotatable bonds is 5. The van der Waals surface area contributed by atoms with Gasteiger partial charge in [-0.25, -0.2) is 26.3 Å². The van der Waals surface area contributed by atoms with E-state index >= 15 is 0 Å². The monoisotopic (exact) mass is 346 g/mol. The summed E-state index contributed by atoms with van der Waals surface area (Å²) < 4.78 is 83.3. The van der Waals surface area contributed by atoms with E-state index in [0.29, 0.717) is 4.31 Å². The largest absolute Gasteiger partial charge is 0.390 e. The molecule has 21 heavy (non-hydrogen) atoms. The van der Waals surface area contributed by atoms with Crippen LogP contribution in [0.2, 0.25) is 0 Å². The number of benzene rings is 1. The number of primary sulfonamides is 1. The maximum atomic E-state index is 12.1. The lowest BCUT2D eigenvalue weighted by Gasteiger charge is -2.18. The van der Waals surface area contributed by atoms with E-state index in [1.165, 1.54) is 0 Å². The number of hydrogen-bond acceptors (Lipinski definition) is 4. The van der Waals surface area contributed by atoms with E-state index in [9.17, 15) is 30.0 Å². The molecule has 11 heteroatoms. The second-order valence-corrected chi connectivity index (χ2v) is 7.82. The van der Waals surface area contributed by atoms with Crippen LogP contribution < -0.4 is 5.14 Å². The van der Waals surface area contributed by atoms with Gasteiger partial charge in [0, 0.05) is 13.6 Å². The first kappa shape index (κ1) is 17.9. The Morgan fingerprint density at radius 1 is 1.14 bits per heavy atom. The molecular weight excluding hydrogens is 333 g/mol. The second kappa shape index (κ2) is 5.91. The zero-order valence-corrected chi connectivity index (χ0v) is 12.5. The van der Waals surface area contributed by atoms with Gasteiger partial charge in [0.1, 0.15) is 0 Å². The third kappa shape index (κ3) is 4.95. The Balaban J connectivity index is 3.08. The van der Waals surface area contributed by atoms with E-state index in [4.69, 9.17) is 5.14 Å². The number of sulfonamides is 2. The smallest absolute Gasteiger partial charge is 0.225 e. The summed E-state index contributed by atoms with van der Waals surface area (Å²) in [6.45, 7) is -0.772. The fraction of sp³-hybridized carbons (Fsp3) is 0.400. The minimum Gasteiger partial charge on any atom is -0.225 e. The first-order chi connectivity index (χ1) is 9.34. The molecule has 0 spiro atoms. The van der Waals surface area contributed by atoms with Crippen LogP contribution in [0, 0.1) is 0 Å². The predicted octanol–water partition coefficient (Wildman–Crippen LogP) is 0.907. The van der Waals surface area contributed by atoms with Gasteiger partial charge in [0.05, 0.1) is 16.2 Å². The van der Waals surface area contributed by atoms with Crippen molar-refractivity contribution < 1.29 is 30.0 Å². The number of nitrogens with two attached hydrogens (primary N) is 1. The third-order valence-electron chi connectivity index (χ3n) is 2.55. The molecule has 0 heterocycles. The Bertz CT molecular complexity index is 714. The predicted molar refractivity (Wildman–Crippen MR) is 68.3 cm³/mol. The first-order valence-corrected chi connectivity index (χ1v) is 8.48. The average molecular weight is 346 g/mol. The summed E-state index contributed by atoms with van der Waals surface area (Å²) in [7, 11) is -7.36. The molecule has 0 fully saturated rings. The van der Waals surface area contributed by atoms with Crippen molar-refractivity contribution in [2.24, 2.45) is 5.14 Å². The van der Waals surface area contributed by atoms with Crippen molar-refractivity contribution in [3.8, 4) is 0 Å². The molecule has 0 atom stereocenters. The first-order valence-electron chi connectivity index (χ1n) is 5.50. The molecule has 0 aliphatic heterocycles. The Morgan fingerprint density at radius 3 is 2.14 bits per heavy atom. The van der Waals surface area contributed by atoms with Crippen LogP contribution in [0.3, 0.4) is 0 Å². The van der Waals surface area contributed by atoms with Gasteiger partial charge in [0.25, 0.3) is 0 Å². The molecule has 1 rings (SSSR count). The molecule has 1 aromatic rings. The van der Waals surface area contributed by atoms with Crippen LogP contribution in [0.25, 0.3) is 0 Å². The second-order valence-electron chi connectivity index (χ2n) is 4.21. The summed E-state index contributed by atoms with van der Waals surface area (Å²) in [6, 6.07) is 4.11. The van der Waals surface area contributed by atoms with Crippen molar-refractivity contribution >= 4 is 20.0 Å². The highest BCUT2D eigenvalue weighted by molar-refractivity contribution is 7.90. The Morgan fingerprint density at radius 2 is 1.67 bits per heavy atom. The third-order valence-corrected chi connectivity index (χ3v) is 5.32. The summed E-state index contributed by atoms with van der Waals surface area (Å²) in [4.78, 5) is -0.883. The van der Waals surface area contributed by atoms with Crippen molar-refractivity contribution in [1.29, 1.82) is 0 Å². The lowest BCUT2D eigenvalue weighted by molar-refractivity contribution is -0.135. The van der Waals surface area contributed by atoms with Gasteiger partial charge in [-0.1, -0.05) is 6.07 Å². The van der Waals surface area contributed by atoms with Crippen molar-refractivity contribution in [3.05, 3.63) is 24.3 Å². The zero-order valence-electron chi connectivity index (χ0n) is 10.8. The topological polar surface area (TPSA) is 97.5 Å². The van der Waals surface area contributed by atoms with E-state index in [1.807, 2.05) is 0 Å². The molecule has 0 amide bonds. The van der Waals surface area contributed by atoms with Crippen LogP contribution in [0.5, 0.6) is 0 Å². The molecule has 0 unspecified atom stereocenters. The van der Waals surface area contributed by atoms with Crippen LogP contribution in [0.15, 0.2) is 34.1 Å². The van der Waals surface area contributed by atoms with E-state index < -0.39 is 49.0 Å². The maximum Gasteiger partial charge on any atom is 0.390 e. The van der Waals surface area contributed by atoms with Gasteiger partial charge in [-0.05, 0) is 18.2 Å². The van der Waals surface area contributed by atoms with Crippen LogP contribution in [-0.2, 0) is 20.0 Å². The van der Waals surface area contributed by atoms with Gasteiger partial charge in [-0.3, -0.25) is 0 Å². The Labute approximate surface area is 120 Å². The highest BCUT2D eigenvalue weighted by atomic mass is 32.2. The normalized spacial score (nSPS) is 13.6. The van der Waals surface area contributed by atoms with Crippen molar-refractivity contribution in [1.82, 2.24) is 4.31 Å². The van der Waals surface area contributed by atoms with Crippen LogP contribution in [0.4, 0.5) is 13.2 Å². The van der Waals surface area contributed by atoms with Gasteiger partial charge >= 0.3 is 6.18 Å². The summed E-state index contributed by atoms with van der Waals surface area (Å²) in [5.41, 5.74) is 0. The maximum absolute atomic E-state index is 12.1. The number of halogens is 3. The van der Waals surface area contributed by atoms with Crippen molar-refractivity contribution in [2.45, 2.75) is 22.4 Å². The summed E-state index contributed by atoms with van der Waals surface area (Å²) in [6.07, 6.45) is -5.80. The minimum absolute atomic E-state index is 0.437. The molecule has 0 saturated carbocycles. The van der Waals surface area contributed by atoms with Crippen molar-refractivity contribution in [2.75, 3.05) is 13.6 Å². The van der Waals surface area contributed by atoms with Gasteiger partial charge in [0.15, 0.2) is 0 Å². The molecule has 0 saturated heterocycles. The standard InChI is InChI=1S/C10H13F3N2O4S2/c1-15(6-5-10(11,12)13)21(18,19)9-4-2-3-8(7-9)20(14,16)17/h2-4,7H,5-6H2,1H3,(H2,14,16,17). The van der Waals surface area contributed by atoms with E-state index in [-0.39, 0.29) is 0 Å². The van der Waals surface area contributed by atoms with Gasteiger partial charge in [-0.2, -0.15) is 13.2 Å². The quantitative estimate of drug-likeness (QED) is 0.857. The van der Waals surface area contributed by atoms with E-state index in [2.05, 4.69) is 0 Å². The fourth-order valence-electron chi connectivity index (χ4n) is 1.40. The minimum atomic E-state index is -4.49. The lowest BCUT2D eigenvalue weighted by Crippen LogP contribution is -2.30. The molecule has 0 aromatic heterocycles. The molecule has 120 valence electrons.